The summed E-state index contributed by atoms with van der Waals surface area (Å²) in [5.41, 5.74) is 7.67. The van der Waals surface area contributed by atoms with Crippen molar-refractivity contribution >= 4 is 22.8 Å². The molecule has 0 amide bonds. The predicted molar refractivity (Wildman–Crippen MR) is 67.6 cm³/mol. The molecule has 0 saturated heterocycles. The molecule has 0 aromatic carbocycles. The lowest BCUT2D eigenvalue weighted by molar-refractivity contribution is 0.887. The summed E-state index contributed by atoms with van der Waals surface area (Å²) in [6.45, 7) is 2.80. The molecule has 0 radical (unpaired) electrons. The Morgan fingerprint density at radius 3 is 2.81 bits per heavy atom. The molecule has 0 aliphatic rings. The number of hydrogen-bond acceptors (Lipinski definition) is 5. The second kappa shape index (κ2) is 4.49. The molecule has 0 aliphatic heterocycles. The first-order valence-electron chi connectivity index (χ1n) is 4.99. The highest BCUT2D eigenvalue weighted by Gasteiger charge is 2.04. The first kappa shape index (κ1) is 10.9. The van der Waals surface area contributed by atoms with Gasteiger partial charge in [0.25, 0.3) is 0 Å². The molecular weight excluding hydrogens is 220 g/mol. The quantitative estimate of drug-likeness (QED) is 0.883. The zero-order valence-electron chi connectivity index (χ0n) is 9.34. The molecule has 2 rings (SSSR count). The molecule has 0 atom stereocenters. The van der Waals surface area contributed by atoms with Gasteiger partial charge in [0.15, 0.2) is 0 Å². The first-order valence-corrected chi connectivity index (χ1v) is 5.87. The van der Waals surface area contributed by atoms with E-state index in [0.29, 0.717) is 5.82 Å². The molecule has 0 fully saturated rings. The van der Waals surface area contributed by atoms with Crippen LogP contribution in [-0.2, 0) is 6.54 Å². The minimum atomic E-state index is 0.543. The van der Waals surface area contributed by atoms with Gasteiger partial charge in [0.1, 0.15) is 5.82 Å². The number of nitrogens with two attached hydrogens (primary N) is 1. The second-order valence-corrected chi connectivity index (χ2v) is 4.72. The number of nitrogens with zero attached hydrogens (tertiary/aromatic N) is 3. The van der Waals surface area contributed by atoms with Gasteiger partial charge in [-0.25, -0.2) is 9.97 Å². The average molecular weight is 234 g/mol. The van der Waals surface area contributed by atoms with Gasteiger partial charge in [0.05, 0.1) is 29.1 Å². The van der Waals surface area contributed by atoms with Crippen LogP contribution in [0.2, 0.25) is 0 Å². The van der Waals surface area contributed by atoms with Crippen LogP contribution in [0, 0.1) is 6.92 Å². The number of rotatable bonds is 3. The number of hydrogen-bond donors (Lipinski definition) is 1. The van der Waals surface area contributed by atoms with Gasteiger partial charge in [0, 0.05) is 12.4 Å². The lowest BCUT2D eigenvalue weighted by atomic mass is 10.3. The van der Waals surface area contributed by atoms with E-state index >= 15 is 0 Å². The molecule has 5 heteroatoms. The summed E-state index contributed by atoms with van der Waals surface area (Å²) in [7, 11) is 2.02. The van der Waals surface area contributed by atoms with Crippen molar-refractivity contribution < 1.29 is 0 Å². The Morgan fingerprint density at radius 2 is 2.25 bits per heavy atom. The van der Waals surface area contributed by atoms with Crippen molar-refractivity contribution in [2.75, 3.05) is 17.7 Å². The summed E-state index contributed by atoms with van der Waals surface area (Å²) in [6.07, 6.45) is 1.77. The molecular formula is C11H14N4S. The Labute approximate surface area is 98.8 Å². The number of aromatic nitrogens is 2. The van der Waals surface area contributed by atoms with E-state index in [9.17, 15) is 0 Å². The molecule has 16 heavy (non-hydrogen) atoms. The predicted octanol–water partition coefficient (Wildman–Crippen LogP) is 2.07. The van der Waals surface area contributed by atoms with E-state index in [1.807, 2.05) is 20.0 Å². The zero-order chi connectivity index (χ0) is 11.5. The molecule has 84 valence electrons. The Balaban J connectivity index is 2.08. The van der Waals surface area contributed by atoms with Crippen molar-refractivity contribution in [2.24, 2.45) is 0 Å². The summed E-state index contributed by atoms with van der Waals surface area (Å²) in [5.74, 6) is 0.543. The molecule has 2 aromatic rings. The number of thiazole rings is 1. The van der Waals surface area contributed by atoms with E-state index < -0.39 is 0 Å². The number of aryl methyl sites for hydroxylation is 1. The maximum atomic E-state index is 5.54. The summed E-state index contributed by atoms with van der Waals surface area (Å²) >= 11 is 1.67. The van der Waals surface area contributed by atoms with Crippen LogP contribution in [-0.4, -0.2) is 17.0 Å². The first-order chi connectivity index (χ1) is 7.65. The summed E-state index contributed by atoms with van der Waals surface area (Å²) < 4.78 is 0. The molecule has 2 heterocycles. The SMILES string of the molecule is Cc1nc(CN(C)c2ccc(N)nc2)cs1. The van der Waals surface area contributed by atoms with Crippen molar-refractivity contribution in [2.45, 2.75) is 13.5 Å². The Kier molecular flexibility index (Phi) is 3.05. The highest BCUT2D eigenvalue weighted by molar-refractivity contribution is 7.09. The fraction of sp³-hybridized carbons (Fsp3) is 0.273. The lowest BCUT2D eigenvalue weighted by Gasteiger charge is -2.17. The number of anilines is 2. The van der Waals surface area contributed by atoms with Crippen molar-refractivity contribution in [1.29, 1.82) is 0 Å². The summed E-state index contributed by atoms with van der Waals surface area (Å²) in [5, 5.41) is 3.18. The fourth-order valence-corrected chi connectivity index (χ4v) is 2.04. The molecule has 0 spiro atoms. The van der Waals surface area contributed by atoms with Crippen LogP contribution in [0.15, 0.2) is 23.7 Å². The van der Waals surface area contributed by atoms with Gasteiger partial charge < -0.3 is 10.6 Å². The van der Waals surface area contributed by atoms with Crippen LogP contribution < -0.4 is 10.6 Å². The number of nitrogen functional groups attached to an aromatic ring is 1. The lowest BCUT2D eigenvalue weighted by Crippen LogP contribution is -2.16. The smallest absolute Gasteiger partial charge is 0.123 e. The van der Waals surface area contributed by atoms with Crippen molar-refractivity contribution in [3.05, 3.63) is 34.4 Å². The van der Waals surface area contributed by atoms with Gasteiger partial charge in [-0.3, -0.25) is 0 Å². The molecule has 0 unspecified atom stereocenters. The van der Waals surface area contributed by atoms with Gasteiger partial charge in [0.2, 0.25) is 0 Å². The Hall–Kier alpha value is -1.62. The Morgan fingerprint density at radius 1 is 1.44 bits per heavy atom. The van der Waals surface area contributed by atoms with Crippen LogP contribution in [0.1, 0.15) is 10.7 Å². The molecule has 0 bridgehead atoms. The third kappa shape index (κ3) is 2.49. The average Bonchev–Trinajstić information content (AvgIpc) is 2.65. The van der Waals surface area contributed by atoms with Crippen LogP contribution >= 0.6 is 11.3 Å². The summed E-state index contributed by atoms with van der Waals surface area (Å²) in [6, 6.07) is 3.76. The van der Waals surface area contributed by atoms with E-state index in [2.05, 4.69) is 20.2 Å². The Bertz CT molecular complexity index is 463. The molecule has 2 N–H and O–H groups in total. The van der Waals surface area contributed by atoms with E-state index in [1.165, 1.54) is 0 Å². The molecule has 0 saturated carbocycles. The van der Waals surface area contributed by atoms with E-state index in [1.54, 1.807) is 23.6 Å². The van der Waals surface area contributed by atoms with Crippen molar-refractivity contribution in [1.82, 2.24) is 9.97 Å². The van der Waals surface area contributed by atoms with Gasteiger partial charge in [-0.15, -0.1) is 11.3 Å². The zero-order valence-corrected chi connectivity index (χ0v) is 10.2. The van der Waals surface area contributed by atoms with Crippen molar-refractivity contribution in [3.63, 3.8) is 0 Å². The van der Waals surface area contributed by atoms with Crippen LogP contribution in [0.5, 0.6) is 0 Å². The topological polar surface area (TPSA) is 55.0 Å². The van der Waals surface area contributed by atoms with Gasteiger partial charge in [-0.2, -0.15) is 0 Å². The van der Waals surface area contributed by atoms with Gasteiger partial charge in [-0.1, -0.05) is 0 Å². The maximum absolute atomic E-state index is 5.54. The second-order valence-electron chi connectivity index (χ2n) is 3.66. The highest BCUT2D eigenvalue weighted by atomic mass is 32.1. The van der Waals surface area contributed by atoms with Gasteiger partial charge in [-0.05, 0) is 19.1 Å². The number of pyridine rings is 1. The summed E-state index contributed by atoms with van der Waals surface area (Å²) in [4.78, 5) is 10.6. The third-order valence-corrected chi connectivity index (χ3v) is 3.10. The fourth-order valence-electron chi connectivity index (χ4n) is 1.44. The molecule has 4 nitrogen and oxygen atoms in total. The molecule has 2 aromatic heterocycles. The largest absolute Gasteiger partial charge is 0.384 e. The minimum absolute atomic E-state index is 0.543. The third-order valence-electron chi connectivity index (χ3n) is 2.28. The van der Waals surface area contributed by atoms with Crippen molar-refractivity contribution in [3.8, 4) is 0 Å². The van der Waals surface area contributed by atoms with Crippen LogP contribution in [0.25, 0.3) is 0 Å². The highest BCUT2D eigenvalue weighted by Crippen LogP contribution is 2.16. The van der Waals surface area contributed by atoms with E-state index in [-0.39, 0.29) is 0 Å². The van der Waals surface area contributed by atoms with Crippen LogP contribution in [0.4, 0.5) is 11.5 Å². The monoisotopic (exact) mass is 234 g/mol. The van der Waals surface area contributed by atoms with E-state index in [4.69, 9.17) is 5.73 Å². The maximum Gasteiger partial charge on any atom is 0.123 e. The standard InChI is InChI=1S/C11H14N4S/c1-8-14-9(7-16-8)6-15(2)10-3-4-11(12)13-5-10/h3-5,7H,6H2,1-2H3,(H2,12,13). The normalized spacial score (nSPS) is 10.4. The van der Waals surface area contributed by atoms with Gasteiger partial charge >= 0.3 is 0 Å². The molecule has 0 aliphatic carbocycles. The minimum Gasteiger partial charge on any atom is -0.384 e. The van der Waals surface area contributed by atoms with E-state index in [0.717, 1.165) is 22.9 Å². The van der Waals surface area contributed by atoms with Crippen LogP contribution in [0.3, 0.4) is 0 Å².